The number of carbonyl (C=O) groups excluding carboxylic acids is 9. The summed E-state index contributed by atoms with van der Waals surface area (Å²) < 4.78 is 92.7. The molecule has 0 aromatic heterocycles. The molecule has 1 aliphatic carbocycles. The normalized spacial score (nSPS) is 21.8. The molecular formula is C62H68O29S2. The number of phenols is 2. The Morgan fingerprint density at radius 3 is 1.15 bits per heavy atom. The zero-order valence-corrected chi connectivity index (χ0v) is 54.6. The van der Waals surface area contributed by atoms with E-state index in [-0.39, 0.29) is 117 Å². The van der Waals surface area contributed by atoms with Gasteiger partial charge in [-0.05, 0) is 25.7 Å². The highest BCUT2D eigenvalue weighted by atomic mass is 32.2. The van der Waals surface area contributed by atoms with E-state index in [2.05, 4.69) is 0 Å². The maximum atomic E-state index is 15.6. The van der Waals surface area contributed by atoms with E-state index < -0.39 is 157 Å². The van der Waals surface area contributed by atoms with Gasteiger partial charge in [0, 0.05) is 111 Å². The van der Waals surface area contributed by atoms with Gasteiger partial charge in [0.2, 0.25) is 10.9 Å². The molecule has 5 aromatic rings. The Morgan fingerprint density at radius 2 is 0.796 bits per heavy atom. The molecule has 2 heterocycles. The summed E-state index contributed by atoms with van der Waals surface area (Å²) in [6, 6.07) is 0. The van der Waals surface area contributed by atoms with Gasteiger partial charge >= 0.3 is 47.8 Å². The minimum absolute atomic E-state index is 0.000573. The highest BCUT2D eigenvalue weighted by Gasteiger charge is 2.54. The quantitative estimate of drug-likeness (QED) is 0.0201. The van der Waals surface area contributed by atoms with E-state index in [4.69, 9.17) is 75.8 Å². The fraction of sp³-hybridized carbons (Fsp3) is 0.500. The van der Waals surface area contributed by atoms with Gasteiger partial charge in [-0.15, -0.1) is 23.5 Å². The molecule has 2 N–H and O–H groups in total. The van der Waals surface area contributed by atoms with Crippen molar-refractivity contribution in [2.24, 2.45) is 0 Å². The lowest BCUT2D eigenvalue weighted by Gasteiger charge is -2.44. The standard InChI is InChI=1S/C62H68O29S2/c1-22-19-32-36-37-39-42(41-38(36)43(45(72)49(32)76-11)47(74)59(53(41)78-13)92-17-15-80-61-57(88-30(9)70)55(86-28(7)68)50(84-26(5)66)33(90-61)20-82-24(3)64)54(79-14)60(48(75)44(39)46(73)52(77-12)40(37)35(22)23(2)63)93-18-16-81-62-58(89-31(10)71)56(87-29(8)69)51(85-27(6)67)34(91-62)21-83-25(4)65/h33-34,50-51,55-58,61-62,72-73H,15-21H2,1-14H3/t33-,34-,50-,51-,55+,56+,57-,58-,61-,62-/m1/s1. The van der Waals surface area contributed by atoms with Gasteiger partial charge in [0.25, 0.3) is 0 Å². The molecule has 31 heteroatoms. The second-order valence-corrected chi connectivity index (χ2v) is 23.7. The van der Waals surface area contributed by atoms with E-state index in [9.17, 15) is 53.4 Å². The predicted molar refractivity (Wildman–Crippen MR) is 325 cm³/mol. The van der Waals surface area contributed by atoms with Crippen LogP contribution >= 0.6 is 23.5 Å². The molecule has 502 valence electrons. The number of aromatic hydroxyl groups is 2. The van der Waals surface area contributed by atoms with E-state index in [1.807, 2.05) is 0 Å². The molecular weight excluding hydrogens is 1270 g/mol. The highest BCUT2D eigenvalue weighted by Crippen LogP contribution is 2.60. The van der Waals surface area contributed by atoms with E-state index in [1.54, 1.807) is 6.92 Å². The fourth-order valence-corrected chi connectivity index (χ4v) is 14.0. The minimum Gasteiger partial charge on any atom is -0.504 e. The Hall–Kier alpha value is -8.49. The van der Waals surface area contributed by atoms with Crippen LogP contribution in [0.2, 0.25) is 0 Å². The first-order valence-electron chi connectivity index (χ1n) is 28.7. The van der Waals surface area contributed by atoms with Crippen molar-refractivity contribution in [1.29, 1.82) is 0 Å². The van der Waals surface area contributed by atoms with Gasteiger partial charge in [0.1, 0.15) is 36.9 Å². The van der Waals surface area contributed by atoms with E-state index in [1.165, 1.54) is 35.4 Å². The van der Waals surface area contributed by atoms with E-state index in [0.29, 0.717) is 5.57 Å². The van der Waals surface area contributed by atoms with Crippen molar-refractivity contribution in [3.05, 3.63) is 37.1 Å². The predicted octanol–water partition coefficient (Wildman–Crippen LogP) is 4.64. The number of benzene rings is 5. The van der Waals surface area contributed by atoms with E-state index in [0.717, 1.165) is 78.9 Å². The van der Waals surface area contributed by atoms with Gasteiger partial charge in [0.15, 0.2) is 78.0 Å². The lowest BCUT2D eigenvalue weighted by Crippen LogP contribution is -2.63. The summed E-state index contributed by atoms with van der Waals surface area (Å²) in [6.45, 7) is 9.65. The Kier molecular flexibility index (Phi) is 22.1. The number of hydrogen-bond acceptors (Lipinski definition) is 31. The highest BCUT2D eigenvalue weighted by molar-refractivity contribution is 7.99. The molecule has 8 rings (SSSR count). The molecule has 10 atom stereocenters. The number of fused-ring (bicyclic) bond motifs is 1. The van der Waals surface area contributed by atoms with Crippen LogP contribution in [0.1, 0.15) is 80.4 Å². The number of ketones is 1. The van der Waals surface area contributed by atoms with Gasteiger partial charge in [0.05, 0.1) is 62.2 Å². The number of methoxy groups -OCH3 is 4. The van der Waals surface area contributed by atoms with Gasteiger partial charge in [-0.2, -0.15) is 0 Å². The average Bonchev–Trinajstić information content (AvgIpc) is 1.62. The Labute approximate surface area is 537 Å². The summed E-state index contributed by atoms with van der Waals surface area (Å²) in [7, 11) is 5.00. The number of allylic oxidation sites excluding steroid dienone is 2. The smallest absolute Gasteiger partial charge is 0.303 e. The van der Waals surface area contributed by atoms with Crippen molar-refractivity contribution < 1.29 is 129 Å². The minimum atomic E-state index is -1.62. The second-order valence-electron chi connectivity index (χ2n) is 21.5. The van der Waals surface area contributed by atoms with Crippen LogP contribution in [0.5, 0.6) is 34.5 Å². The summed E-state index contributed by atoms with van der Waals surface area (Å²) in [5.74, 6) is -9.78. The van der Waals surface area contributed by atoms with Crippen molar-refractivity contribution >= 4 is 126 Å². The third-order valence-electron chi connectivity index (χ3n) is 15.1. The summed E-state index contributed by atoms with van der Waals surface area (Å²) in [6.07, 6.45) is -15.4. The zero-order valence-electron chi connectivity index (χ0n) is 53.0. The lowest BCUT2D eigenvalue weighted by molar-refractivity contribution is -0.307. The number of hydrogen-bond donors (Lipinski definition) is 2. The Bertz CT molecular complexity index is 3990. The molecule has 0 spiro atoms. The van der Waals surface area contributed by atoms with Crippen molar-refractivity contribution in [3.8, 4) is 34.5 Å². The maximum Gasteiger partial charge on any atom is 0.303 e. The zero-order chi connectivity index (χ0) is 68.3. The number of Topliss-reactive ketones (excluding diaryl/α,β-unsaturated/α-hetero) is 1. The maximum absolute atomic E-state index is 15.6. The summed E-state index contributed by atoms with van der Waals surface area (Å²) >= 11 is 1.67. The summed E-state index contributed by atoms with van der Waals surface area (Å²) in [5, 5.41) is 25.0. The third kappa shape index (κ3) is 13.9. The SMILES string of the molecule is COc1c(O)c2c(=O)c(SCCO[C@@H]3O[C@H](COC(C)=O)[C@@H](OC(C)=O)[C@H](OC(C)=O)[C@H]3OC(C)=O)c(OC)c3c4c(OC)c(SCCO[C@@H]5O[C@H](COC(C)=O)[C@@H](OC(C)=O)[C@H](OC(C)=O)[C@H]5OC(C)=O)c(=O)c5c(O)c(OC)c6c(c(c1CC(C)=C6C(C)=O)c23)c54. The van der Waals surface area contributed by atoms with Crippen LogP contribution in [0, 0.1) is 0 Å². The number of rotatable bonds is 25. The topological polar surface area (TPSA) is 376 Å². The second kappa shape index (κ2) is 29.2. The molecule has 5 aromatic carbocycles. The molecule has 2 aliphatic heterocycles. The molecule has 0 saturated carbocycles. The number of ether oxygens (including phenoxy) is 16. The van der Waals surface area contributed by atoms with E-state index >= 15 is 9.59 Å². The monoisotopic (exact) mass is 1340 g/mol. The largest absolute Gasteiger partial charge is 0.504 e. The first-order chi connectivity index (χ1) is 44.0. The van der Waals surface area contributed by atoms with Gasteiger partial charge in [-0.1, -0.05) is 5.57 Å². The first-order valence-corrected chi connectivity index (χ1v) is 30.7. The number of esters is 8. The van der Waals surface area contributed by atoms with Crippen LogP contribution in [0.15, 0.2) is 25.0 Å². The van der Waals surface area contributed by atoms with Crippen LogP contribution in [-0.4, -0.2) is 192 Å². The van der Waals surface area contributed by atoms with Crippen LogP contribution in [0.25, 0.3) is 48.7 Å². The lowest BCUT2D eigenvalue weighted by atomic mass is 9.82. The van der Waals surface area contributed by atoms with Crippen LogP contribution in [-0.2, 0) is 106 Å². The van der Waals surface area contributed by atoms with Crippen molar-refractivity contribution in [3.63, 3.8) is 0 Å². The molecule has 2 fully saturated rings. The number of phenolic OH excluding ortho intramolecular Hbond substituents is 2. The van der Waals surface area contributed by atoms with Crippen LogP contribution < -0.4 is 29.8 Å². The Morgan fingerprint density at radius 1 is 0.441 bits per heavy atom. The fourth-order valence-electron chi connectivity index (χ4n) is 12.1. The third-order valence-corrected chi connectivity index (χ3v) is 17.2. The molecule has 2 saturated heterocycles. The number of carbonyl (C=O) groups is 9. The van der Waals surface area contributed by atoms with Crippen LogP contribution in [0.4, 0.5) is 0 Å². The molecule has 0 radical (unpaired) electrons. The molecule has 0 amide bonds. The van der Waals surface area contributed by atoms with Crippen molar-refractivity contribution in [1.82, 2.24) is 0 Å². The molecule has 0 unspecified atom stereocenters. The molecule has 93 heavy (non-hydrogen) atoms. The van der Waals surface area contributed by atoms with Gasteiger partial charge in [-0.25, -0.2) is 0 Å². The van der Waals surface area contributed by atoms with Crippen LogP contribution in [0.3, 0.4) is 0 Å². The van der Waals surface area contributed by atoms with Crippen molar-refractivity contribution in [2.45, 2.75) is 147 Å². The number of thioether (sulfide) groups is 2. The first kappa shape index (κ1) is 70.4. The average molecular weight is 1340 g/mol. The van der Waals surface area contributed by atoms with Crippen molar-refractivity contribution in [2.75, 3.05) is 66.4 Å². The molecule has 3 aliphatic rings. The summed E-state index contributed by atoms with van der Waals surface area (Å²) in [5.41, 5.74) is -0.863. The molecule has 0 bridgehead atoms. The summed E-state index contributed by atoms with van der Waals surface area (Å²) in [4.78, 5) is 144. The molecule has 29 nitrogen and oxygen atoms in total. The van der Waals surface area contributed by atoms with Gasteiger partial charge < -0.3 is 86.0 Å². The Balaban J connectivity index is 1.31. The van der Waals surface area contributed by atoms with Gasteiger partial charge in [-0.3, -0.25) is 52.7 Å².